The van der Waals surface area contributed by atoms with Crippen molar-refractivity contribution in [3.8, 4) is 11.4 Å². The molecule has 1 amide bonds. The van der Waals surface area contributed by atoms with Crippen molar-refractivity contribution in [1.82, 2.24) is 30.2 Å². The number of amides is 1. The molecule has 1 fully saturated rings. The molecule has 9 heteroatoms. The van der Waals surface area contributed by atoms with Gasteiger partial charge in [-0.05, 0) is 25.5 Å². The van der Waals surface area contributed by atoms with Crippen LogP contribution in [0, 0.1) is 0 Å². The number of thioether (sulfide) groups is 1. The SMILES string of the molecule is CSc1nnc(CCCNC(=O)CCc2nc(-c3ccccc3)no2)n1C1CCCC1. The van der Waals surface area contributed by atoms with Gasteiger partial charge in [0, 0.05) is 37.4 Å². The van der Waals surface area contributed by atoms with E-state index in [0.717, 1.165) is 29.4 Å². The predicted molar refractivity (Wildman–Crippen MR) is 119 cm³/mol. The van der Waals surface area contributed by atoms with Crippen LogP contribution in [0.4, 0.5) is 0 Å². The van der Waals surface area contributed by atoms with Crippen LogP contribution in [-0.2, 0) is 17.6 Å². The van der Waals surface area contributed by atoms with Gasteiger partial charge in [-0.3, -0.25) is 4.79 Å². The first kappa shape index (κ1) is 21.5. The molecule has 0 saturated heterocycles. The van der Waals surface area contributed by atoms with E-state index in [1.54, 1.807) is 11.8 Å². The third kappa shape index (κ3) is 5.52. The zero-order valence-corrected chi connectivity index (χ0v) is 18.6. The van der Waals surface area contributed by atoms with Gasteiger partial charge in [0.15, 0.2) is 5.16 Å². The van der Waals surface area contributed by atoms with Crippen LogP contribution in [0.1, 0.15) is 56.3 Å². The van der Waals surface area contributed by atoms with E-state index < -0.39 is 0 Å². The second-order valence-electron chi connectivity index (χ2n) is 7.74. The highest BCUT2D eigenvalue weighted by Crippen LogP contribution is 2.33. The molecule has 0 unspecified atom stereocenters. The molecule has 2 aromatic heterocycles. The first-order valence-corrected chi connectivity index (χ1v) is 12.1. The minimum atomic E-state index is -0.0125. The summed E-state index contributed by atoms with van der Waals surface area (Å²) >= 11 is 1.65. The fraction of sp³-hybridized carbons (Fsp3) is 0.500. The summed E-state index contributed by atoms with van der Waals surface area (Å²) in [6.45, 7) is 0.615. The lowest BCUT2D eigenvalue weighted by Crippen LogP contribution is -2.25. The van der Waals surface area contributed by atoms with E-state index >= 15 is 0 Å². The molecule has 0 radical (unpaired) electrons. The van der Waals surface area contributed by atoms with Crippen LogP contribution in [0.2, 0.25) is 0 Å². The Bertz CT molecular complexity index is 981. The highest BCUT2D eigenvalue weighted by Gasteiger charge is 2.23. The quantitative estimate of drug-likeness (QED) is 0.378. The molecular weight excluding hydrogens is 412 g/mol. The Kier molecular flexibility index (Phi) is 7.35. The number of nitrogens with zero attached hydrogens (tertiary/aromatic N) is 5. The van der Waals surface area contributed by atoms with Gasteiger partial charge in [0.25, 0.3) is 0 Å². The third-order valence-corrected chi connectivity index (χ3v) is 6.22. The van der Waals surface area contributed by atoms with Crippen LogP contribution < -0.4 is 5.32 Å². The highest BCUT2D eigenvalue weighted by molar-refractivity contribution is 7.98. The third-order valence-electron chi connectivity index (χ3n) is 5.57. The maximum absolute atomic E-state index is 12.2. The number of hydrogen-bond acceptors (Lipinski definition) is 7. The molecule has 0 spiro atoms. The topological polar surface area (TPSA) is 98.7 Å². The van der Waals surface area contributed by atoms with Gasteiger partial charge in [-0.1, -0.05) is 60.1 Å². The molecule has 1 aromatic carbocycles. The number of carbonyl (C=O) groups is 1. The second kappa shape index (κ2) is 10.6. The molecule has 31 heavy (non-hydrogen) atoms. The van der Waals surface area contributed by atoms with Gasteiger partial charge in [-0.15, -0.1) is 10.2 Å². The summed E-state index contributed by atoms with van der Waals surface area (Å²) in [5, 5.41) is 16.7. The lowest BCUT2D eigenvalue weighted by atomic mass is 10.2. The fourth-order valence-corrected chi connectivity index (χ4v) is 4.56. The van der Waals surface area contributed by atoms with Crippen molar-refractivity contribution in [2.24, 2.45) is 0 Å². The predicted octanol–water partition coefficient (Wildman–Crippen LogP) is 3.85. The number of hydrogen-bond donors (Lipinski definition) is 1. The summed E-state index contributed by atoms with van der Waals surface area (Å²) < 4.78 is 7.59. The van der Waals surface area contributed by atoms with Crippen LogP contribution in [0.25, 0.3) is 11.4 Å². The zero-order chi connectivity index (χ0) is 21.5. The largest absolute Gasteiger partial charge is 0.356 e. The van der Waals surface area contributed by atoms with Gasteiger partial charge >= 0.3 is 0 Å². The lowest BCUT2D eigenvalue weighted by Gasteiger charge is -2.16. The summed E-state index contributed by atoms with van der Waals surface area (Å²) in [5.41, 5.74) is 0.900. The Balaban J connectivity index is 1.20. The number of aryl methyl sites for hydroxylation is 2. The van der Waals surface area contributed by atoms with E-state index in [0.29, 0.717) is 37.1 Å². The molecule has 1 aliphatic rings. The van der Waals surface area contributed by atoms with Crippen LogP contribution in [0.5, 0.6) is 0 Å². The molecule has 8 nitrogen and oxygen atoms in total. The summed E-state index contributed by atoms with van der Waals surface area (Å²) in [5.74, 6) is 2.04. The number of rotatable bonds is 10. The normalized spacial score (nSPS) is 14.2. The molecule has 3 aromatic rings. The van der Waals surface area contributed by atoms with Crippen molar-refractivity contribution in [3.63, 3.8) is 0 Å². The molecule has 0 atom stereocenters. The van der Waals surface area contributed by atoms with Gasteiger partial charge in [0.1, 0.15) is 5.82 Å². The van der Waals surface area contributed by atoms with Gasteiger partial charge in [-0.2, -0.15) is 4.98 Å². The minimum absolute atomic E-state index is 0.0125. The van der Waals surface area contributed by atoms with E-state index in [1.165, 1.54) is 25.7 Å². The average molecular weight is 441 g/mol. The summed E-state index contributed by atoms with van der Waals surface area (Å²) in [6.07, 6.45) is 9.42. The fourth-order valence-electron chi connectivity index (χ4n) is 3.99. The molecule has 0 bridgehead atoms. The Morgan fingerprint density at radius 1 is 1.19 bits per heavy atom. The van der Waals surface area contributed by atoms with E-state index in [9.17, 15) is 4.79 Å². The maximum Gasteiger partial charge on any atom is 0.227 e. The molecule has 164 valence electrons. The van der Waals surface area contributed by atoms with E-state index in [1.807, 2.05) is 36.6 Å². The van der Waals surface area contributed by atoms with Crippen LogP contribution in [0.3, 0.4) is 0 Å². The van der Waals surface area contributed by atoms with E-state index in [2.05, 4.69) is 30.2 Å². The second-order valence-corrected chi connectivity index (χ2v) is 8.52. The maximum atomic E-state index is 12.2. The molecular formula is C22H28N6O2S. The molecule has 0 aliphatic heterocycles. The van der Waals surface area contributed by atoms with Crippen molar-refractivity contribution >= 4 is 17.7 Å². The number of aromatic nitrogens is 5. The monoisotopic (exact) mass is 440 g/mol. The first-order chi connectivity index (χ1) is 15.2. The van der Waals surface area contributed by atoms with Crippen LogP contribution >= 0.6 is 11.8 Å². The zero-order valence-electron chi connectivity index (χ0n) is 17.8. The van der Waals surface area contributed by atoms with Gasteiger partial charge in [-0.25, -0.2) is 0 Å². The van der Waals surface area contributed by atoms with Gasteiger partial charge in [0.2, 0.25) is 17.6 Å². The lowest BCUT2D eigenvalue weighted by molar-refractivity contribution is -0.121. The smallest absolute Gasteiger partial charge is 0.227 e. The number of carbonyl (C=O) groups excluding carboxylic acids is 1. The summed E-state index contributed by atoms with van der Waals surface area (Å²) in [7, 11) is 0. The molecule has 2 heterocycles. The van der Waals surface area contributed by atoms with Gasteiger partial charge in [0.05, 0.1) is 0 Å². The Hall–Kier alpha value is -2.68. The summed E-state index contributed by atoms with van der Waals surface area (Å²) in [6, 6.07) is 10.2. The van der Waals surface area contributed by atoms with Crippen molar-refractivity contribution < 1.29 is 9.32 Å². The van der Waals surface area contributed by atoms with Crippen molar-refractivity contribution in [2.45, 2.75) is 62.6 Å². The van der Waals surface area contributed by atoms with E-state index in [-0.39, 0.29) is 5.91 Å². The van der Waals surface area contributed by atoms with Crippen molar-refractivity contribution in [1.29, 1.82) is 0 Å². The van der Waals surface area contributed by atoms with Crippen LogP contribution in [0.15, 0.2) is 40.0 Å². The standard InChI is InChI=1S/C22H28N6O2S/c1-31-22-26-25-18(28(22)17-10-5-6-11-17)12-7-15-23-19(29)13-14-20-24-21(27-30-20)16-8-3-2-4-9-16/h2-4,8-9,17H,5-7,10-15H2,1H3,(H,23,29). The van der Waals surface area contributed by atoms with E-state index in [4.69, 9.17) is 4.52 Å². The minimum Gasteiger partial charge on any atom is -0.356 e. The average Bonchev–Trinajstić information content (AvgIpc) is 3.56. The molecule has 1 saturated carbocycles. The van der Waals surface area contributed by atoms with Crippen LogP contribution in [-0.4, -0.2) is 43.6 Å². The van der Waals surface area contributed by atoms with Crippen molar-refractivity contribution in [3.05, 3.63) is 42.0 Å². The molecule has 1 N–H and O–H groups in total. The first-order valence-electron chi connectivity index (χ1n) is 10.9. The Morgan fingerprint density at radius 3 is 2.77 bits per heavy atom. The number of benzene rings is 1. The molecule has 4 rings (SSSR count). The van der Waals surface area contributed by atoms with Gasteiger partial charge < -0.3 is 14.4 Å². The van der Waals surface area contributed by atoms with Crippen molar-refractivity contribution in [2.75, 3.05) is 12.8 Å². The number of nitrogens with one attached hydrogen (secondary N) is 1. The summed E-state index contributed by atoms with van der Waals surface area (Å²) in [4.78, 5) is 16.6. The Labute approximate surface area is 186 Å². The Morgan fingerprint density at radius 2 is 2.00 bits per heavy atom. The molecule has 1 aliphatic carbocycles. The highest BCUT2D eigenvalue weighted by atomic mass is 32.2.